The number of hydrogen-bond acceptors (Lipinski definition) is 4. The SMILES string of the molecule is CC[C@@H](C)NC(=O)[C@H](CC)N(Cc1ccc(F)cc1)C(=O)CN(c1ccc(C)cc1C)S(C)(=O)=O. The maximum atomic E-state index is 13.6. The smallest absolute Gasteiger partial charge is 0.244 e. The number of aryl methyl sites for hydroxylation is 2. The predicted molar refractivity (Wildman–Crippen MR) is 137 cm³/mol. The Kier molecular flexibility index (Phi) is 9.82. The van der Waals surface area contributed by atoms with Gasteiger partial charge in [-0.15, -0.1) is 0 Å². The third kappa shape index (κ3) is 7.78. The summed E-state index contributed by atoms with van der Waals surface area (Å²) < 4.78 is 40.0. The molecule has 0 fully saturated rings. The fourth-order valence-corrected chi connectivity index (χ4v) is 4.73. The van der Waals surface area contributed by atoms with E-state index in [-0.39, 0.29) is 18.5 Å². The fourth-order valence-electron chi connectivity index (χ4n) is 3.83. The second kappa shape index (κ2) is 12.2. The monoisotopic (exact) mass is 505 g/mol. The molecule has 9 heteroatoms. The first-order valence-corrected chi connectivity index (χ1v) is 13.6. The van der Waals surface area contributed by atoms with Crippen molar-refractivity contribution in [2.75, 3.05) is 17.1 Å². The predicted octanol–water partition coefficient (Wildman–Crippen LogP) is 3.93. The number of rotatable bonds is 11. The van der Waals surface area contributed by atoms with Gasteiger partial charge in [0.15, 0.2) is 0 Å². The second-order valence-corrected chi connectivity index (χ2v) is 10.9. The average molecular weight is 506 g/mol. The van der Waals surface area contributed by atoms with Crippen molar-refractivity contribution in [2.45, 2.75) is 66.1 Å². The maximum absolute atomic E-state index is 13.6. The lowest BCUT2D eigenvalue weighted by molar-refractivity contribution is -0.140. The van der Waals surface area contributed by atoms with Gasteiger partial charge in [0.05, 0.1) is 11.9 Å². The van der Waals surface area contributed by atoms with Crippen LogP contribution in [0.3, 0.4) is 0 Å². The molecule has 0 aliphatic rings. The molecule has 0 radical (unpaired) electrons. The van der Waals surface area contributed by atoms with Crippen LogP contribution in [0.1, 0.15) is 50.3 Å². The van der Waals surface area contributed by atoms with Crippen molar-refractivity contribution >= 4 is 27.5 Å². The molecular formula is C26H36FN3O4S. The standard InChI is InChI=1S/C26H36FN3O4S/c1-7-20(5)28-26(32)23(8-2)29(16-21-10-12-22(27)13-11-21)25(31)17-30(35(6,33)34)24-14-9-18(3)15-19(24)4/h9-15,20,23H,7-8,16-17H2,1-6H3,(H,28,32)/t20-,23+/m1/s1. The zero-order valence-electron chi connectivity index (χ0n) is 21.3. The molecule has 1 N–H and O–H groups in total. The normalized spacial score (nSPS) is 13.1. The van der Waals surface area contributed by atoms with Gasteiger partial charge >= 0.3 is 0 Å². The van der Waals surface area contributed by atoms with Crippen molar-refractivity contribution in [1.29, 1.82) is 0 Å². The number of carbonyl (C=O) groups is 2. The molecule has 0 aliphatic heterocycles. The highest BCUT2D eigenvalue weighted by Gasteiger charge is 2.32. The van der Waals surface area contributed by atoms with E-state index in [0.717, 1.165) is 28.1 Å². The van der Waals surface area contributed by atoms with Crippen LogP contribution in [0.25, 0.3) is 0 Å². The molecule has 0 aliphatic carbocycles. The summed E-state index contributed by atoms with van der Waals surface area (Å²) in [6, 6.07) is 10.1. The Bertz CT molecular complexity index is 1140. The Morgan fingerprint density at radius 1 is 1.03 bits per heavy atom. The molecule has 0 saturated heterocycles. The lowest BCUT2D eigenvalue weighted by atomic mass is 10.1. The highest BCUT2D eigenvalue weighted by Crippen LogP contribution is 2.24. The zero-order chi connectivity index (χ0) is 26.3. The Labute approximate surface area is 208 Å². The number of benzene rings is 2. The van der Waals surface area contributed by atoms with E-state index in [1.165, 1.54) is 17.0 Å². The molecule has 2 aromatic carbocycles. The largest absolute Gasteiger partial charge is 0.352 e. The van der Waals surface area contributed by atoms with Crippen LogP contribution in [0.5, 0.6) is 0 Å². The number of hydrogen-bond donors (Lipinski definition) is 1. The van der Waals surface area contributed by atoms with Gasteiger partial charge in [0.2, 0.25) is 21.8 Å². The third-order valence-corrected chi connectivity index (χ3v) is 7.08. The highest BCUT2D eigenvalue weighted by atomic mass is 32.2. The van der Waals surface area contributed by atoms with Gasteiger partial charge in [0, 0.05) is 12.6 Å². The molecule has 0 bridgehead atoms. The summed E-state index contributed by atoms with van der Waals surface area (Å²) in [5.41, 5.74) is 2.73. The molecule has 2 rings (SSSR count). The summed E-state index contributed by atoms with van der Waals surface area (Å²) in [4.78, 5) is 28.1. The lowest BCUT2D eigenvalue weighted by Gasteiger charge is -2.33. The van der Waals surface area contributed by atoms with Gasteiger partial charge in [0.1, 0.15) is 18.4 Å². The van der Waals surface area contributed by atoms with Crippen LogP contribution in [0.4, 0.5) is 10.1 Å². The van der Waals surface area contributed by atoms with Crippen molar-refractivity contribution in [3.63, 3.8) is 0 Å². The number of nitrogens with one attached hydrogen (secondary N) is 1. The summed E-state index contributed by atoms with van der Waals surface area (Å²) in [6.07, 6.45) is 2.11. The molecule has 192 valence electrons. The Morgan fingerprint density at radius 2 is 1.66 bits per heavy atom. The molecule has 0 spiro atoms. The Morgan fingerprint density at radius 3 is 2.17 bits per heavy atom. The first kappa shape index (κ1) is 28.3. The number of sulfonamides is 1. The second-order valence-electron chi connectivity index (χ2n) is 8.95. The Balaban J connectivity index is 2.46. The summed E-state index contributed by atoms with van der Waals surface area (Å²) >= 11 is 0. The number of carbonyl (C=O) groups excluding carboxylic acids is 2. The van der Waals surface area contributed by atoms with Gasteiger partial charge < -0.3 is 10.2 Å². The minimum absolute atomic E-state index is 0.0377. The van der Waals surface area contributed by atoms with Crippen molar-refractivity contribution in [3.8, 4) is 0 Å². The molecule has 2 amide bonds. The van der Waals surface area contributed by atoms with Crippen LogP contribution in [-0.4, -0.2) is 50.0 Å². The van der Waals surface area contributed by atoms with Gasteiger partial charge in [-0.3, -0.25) is 13.9 Å². The summed E-state index contributed by atoms with van der Waals surface area (Å²) in [6.45, 7) is 8.88. The van der Waals surface area contributed by atoms with E-state index in [9.17, 15) is 22.4 Å². The third-order valence-electron chi connectivity index (χ3n) is 5.95. The summed E-state index contributed by atoms with van der Waals surface area (Å²) in [5, 5.41) is 2.92. The molecular weight excluding hydrogens is 469 g/mol. The van der Waals surface area contributed by atoms with Crippen LogP contribution in [0.15, 0.2) is 42.5 Å². The van der Waals surface area contributed by atoms with Crippen LogP contribution < -0.4 is 9.62 Å². The van der Waals surface area contributed by atoms with Crippen molar-refractivity contribution in [2.24, 2.45) is 0 Å². The summed E-state index contributed by atoms with van der Waals surface area (Å²) in [7, 11) is -3.80. The van der Waals surface area contributed by atoms with Crippen LogP contribution in [-0.2, 0) is 26.2 Å². The van der Waals surface area contributed by atoms with E-state index in [4.69, 9.17) is 0 Å². The van der Waals surface area contributed by atoms with E-state index in [1.54, 1.807) is 38.1 Å². The van der Waals surface area contributed by atoms with E-state index < -0.39 is 34.3 Å². The highest BCUT2D eigenvalue weighted by molar-refractivity contribution is 7.92. The molecule has 0 saturated carbocycles. The van der Waals surface area contributed by atoms with Gasteiger partial charge in [-0.25, -0.2) is 12.8 Å². The average Bonchev–Trinajstić information content (AvgIpc) is 2.78. The molecule has 35 heavy (non-hydrogen) atoms. The van der Waals surface area contributed by atoms with Crippen molar-refractivity contribution < 1.29 is 22.4 Å². The molecule has 7 nitrogen and oxygen atoms in total. The van der Waals surface area contributed by atoms with Gasteiger partial charge in [0.25, 0.3) is 0 Å². The van der Waals surface area contributed by atoms with Crippen molar-refractivity contribution in [1.82, 2.24) is 10.2 Å². The minimum Gasteiger partial charge on any atom is -0.352 e. The van der Waals surface area contributed by atoms with Crippen LogP contribution in [0, 0.1) is 19.7 Å². The van der Waals surface area contributed by atoms with E-state index >= 15 is 0 Å². The quantitative estimate of drug-likeness (QED) is 0.501. The number of amides is 2. The van der Waals surface area contributed by atoms with E-state index in [2.05, 4.69) is 5.32 Å². The van der Waals surface area contributed by atoms with Gasteiger partial charge in [-0.2, -0.15) is 0 Å². The van der Waals surface area contributed by atoms with Crippen molar-refractivity contribution in [3.05, 3.63) is 65.0 Å². The maximum Gasteiger partial charge on any atom is 0.244 e. The topological polar surface area (TPSA) is 86.8 Å². The van der Waals surface area contributed by atoms with Crippen LogP contribution in [0.2, 0.25) is 0 Å². The fraction of sp³-hybridized carbons (Fsp3) is 0.462. The first-order chi connectivity index (χ1) is 16.4. The van der Waals surface area contributed by atoms with Gasteiger partial charge in [-0.1, -0.05) is 43.7 Å². The zero-order valence-corrected chi connectivity index (χ0v) is 22.2. The van der Waals surface area contributed by atoms with E-state index in [0.29, 0.717) is 17.7 Å². The number of nitrogens with zero attached hydrogens (tertiary/aromatic N) is 2. The van der Waals surface area contributed by atoms with Crippen LogP contribution >= 0.6 is 0 Å². The van der Waals surface area contributed by atoms with E-state index in [1.807, 2.05) is 26.8 Å². The molecule has 0 unspecified atom stereocenters. The molecule has 2 atom stereocenters. The molecule has 0 heterocycles. The Hall–Kier alpha value is -2.94. The number of anilines is 1. The minimum atomic E-state index is -3.80. The molecule has 2 aromatic rings. The molecule has 0 aromatic heterocycles. The number of halogens is 1. The first-order valence-electron chi connectivity index (χ1n) is 11.8. The lowest BCUT2D eigenvalue weighted by Crippen LogP contribution is -2.53. The van der Waals surface area contributed by atoms with Gasteiger partial charge in [-0.05, 0) is 62.9 Å². The summed E-state index contributed by atoms with van der Waals surface area (Å²) in [5.74, 6) is -1.24.